The number of nitrogens with one attached hydrogen (secondary N) is 3. The molecule has 2 rings (SSSR count). The molecular weight excluding hydrogens is 368 g/mol. The number of nitrogens with zero attached hydrogens (tertiary/aromatic N) is 1. The first-order valence-corrected chi connectivity index (χ1v) is 9.68. The summed E-state index contributed by atoms with van der Waals surface area (Å²) >= 11 is 0. The van der Waals surface area contributed by atoms with Crippen molar-refractivity contribution in [1.29, 1.82) is 0 Å². The lowest BCUT2D eigenvalue weighted by Gasteiger charge is -2.14. The number of anilines is 1. The van der Waals surface area contributed by atoms with E-state index in [-0.39, 0.29) is 5.91 Å². The topological polar surface area (TPSA) is 84.0 Å². The van der Waals surface area contributed by atoms with E-state index in [1.165, 1.54) is 0 Å². The number of carbonyl (C=O) groups excluding carboxylic acids is 1. The monoisotopic (exact) mass is 398 g/mol. The van der Waals surface area contributed by atoms with E-state index in [9.17, 15) is 4.79 Å². The molecule has 0 spiro atoms. The van der Waals surface area contributed by atoms with Crippen LogP contribution in [-0.4, -0.2) is 39.7 Å². The maximum absolute atomic E-state index is 12.1. The van der Waals surface area contributed by atoms with Crippen molar-refractivity contribution in [2.75, 3.05) is 33.1 Å². The molecule has 0 aromatic heterocycles. The van der Waals surface area contributed by atoms with Gasteiger partial charge in [0, 0.05) is 37.5 Å². The number of ether oxygens (including phenoxy) is 2. The van der Waals surface area contributed by atoms with Crippen molar-refractivity contribution < 1.29 is 14.3 Å². The Morgan fingerprint density at radius 1 is 1.00 bits per heavy atom. The van der Waals surface area contributed by atoms with Crippen LogP contribution in [0.2, 0.25) is 0 Å². The van der Waals surface area contributed by atoms with Crippen molar-refractivity contribution in [1.82, 2.24) is 10.6 Å². The van der Waals surface area contributed by atoms with Crippen molar-refractivity contribution in [2.45, 2.75) is 26.3 Å². The van der Waals surface area contributed by atoms with Crippen LogP contribution in [0.5, 0.6) is 11.5 Å². The van der Waals surface area contributed by atoms with Gasteiger partial charge in [-0.2, -0.15) is 0 Å². The molecule has 0 radical (unpaired) electrons. The van der Waals surface area contributed by atoms with Crippen LogP contribution in [0.3, 0.4) is 0 Å². The van der Waals surface area contributed by atoms with E-state index >= 15 is 0 Å². The van der Waals surface area contributed by atoms with Gasteiger partial charge in [0.2, 0.25) is 0 Å². The lowest BCUT2D eigenvalue weighted by molar-refractivity contribution is 0.0953. The summed E-state index contributed by atoms with van der Waals surface area (Å²) in [6.07, 6.45) is 2.05. The number of rotatable bonds is 9. The Morgan fingerprint density at radius 2 is 1.72 bits per heavy atom. The second kappa shape index (κ2) is 11.6. The van der Waals surface area contributed by atoms with E-state index in [2.05, 4.69) is 27.9 Å². The number of unbranched alkanes of at least 4 members (excludes halogenated alkanes) is 1. The van der Waals surface area contributed by atoms with E-state index in [1.807, 2.05) is 42.5 Å². The Morgan fingerprint density at radius 3 is 2.34 bits per heavy atom. The number of hydrogen-bond donors (Lipinski definition) is 3. The van der Waals surface area contributed by atoms with Gasteiger partial charge < -0.3 is 25.4 Å². The average Bonchev–Trinajstić information content (AvgIpc) is 2.76. The van der Waals surface area contributed by atoms with Crippen molar-refractivity contribution >= 4 is 17.6 Å². The first kappa shape index (κ1) is 22.1. The van der Waals surface area contributed by atoms with Crippen molar-refractivity contribution in [2.24, 2.45) is 4.99 Å². The smallest absolute Gasteiger partial charge is 0.251 e. The molecular formula is C22H30N4O3. The number of hydrogen-bond acceptors (Lipinski definition) is 4. The van der Waals surface area contributed by atoms with Crippen LogP contribution < -0.4 is 25.4 Å². The van der Waals surface area contributed by atoms with E-state index in [1.54, 1.807) is 21.3 Å². The minimum absolute atomic E-state index is 0.0381. The molecule has 2 aromatic rings. The van der Waals surface area contributed by atoms with Crippen LogP contribution in [0, 0.1) is 0 Å². The van der Waals surface area contributed by atoms with E-state index < -0.39 is 0 Å². The molecule has 0 aliphatic rings. The molecule has 7 nitrogen and oxygen atoms in total. The molecule has 0 saturated carbocycles. The van der Waals surface area contributed by atoms with Crippen LogP contribution in [0.1, 0.15) is 35.7 Å². The molecule has 29 heavy (non-hydrogen) atoms. The van der Waals surface area contributed by atoms with Gasteiger partial charge in [0.05, 0.1) is 14.2 Å². The molecule has 0 fully saturated rings. The largest absolute Gasteiger partial charge is 0.493 e. The summed E-state index contributed by atoms with van der Waals surface area (Å²) in [6, 6.07) is 13.1. The third kappa shape index (κ3) is 6.71. The highest BCUT2D eigenvalue weighted by atomic mass is 16.5. The maximum Gasteiger partial charge on any atom is 0.251 e. The highest BCUT2D eigenvalue weighted by Crippen LogP contribution is 2.29. The van der Waals surface area contributed by atoms with Gasteiger partial charge in [-0.3, -0.25) is 9.79 Å². The van der Waals surface area contributed by atoms with Crippen molar-refractivity contribution in [3.05, 3.63) is 53.6 Å². The quantitative estimate of drug-likeness (QED) is 0.342. The first-order valence-electron chi connectivity index (χ1n) is 9.68. The minimum Gasteiger partial charge on any atom is -0.493 e. The Balaban J connectivity index is 1.91. The third-order valence-corrected chi connectivity index (χ3v) is 4.36. The van der Waals surface area contributed by atoms with E-state index in [4.69, 9.17) is 9.47 Å². The van der Waals surface area contributed by atoms with Gasteiger partial charge in [-0.05, 0) is 36.2 Å². The summed E-state index contributed by atoms with van der Waals surface area (Å²) in [4.78, 5) is 16.3. The second-order valence-corrected chi connectivity index (χ2v) is 6.43. The predicted molar refractivity (Wildman–Crippen MR) is 117 cm³/mol. The fourth-order valence-electron chi connectivity index (χ4n) is 2.67. The molecule has 1 amide bonds. The fourth-order valence-corrected chi connectivity index (χ4v) is 2.67. The minimum atomic E-state index is -0.0381. The van der Waals surface area contributed by atoms with Crippen molar-refractivity contribution in [3.8, 4) is 11.5 Å². The van der Waals surface area contributed by atoms with Gasteiger partial charge in [0.1, 0.15) is 0 Å². The zero-order chi connectivity index (χ0) is 21.1. The summed E-state index contributed by atoms with van der Waals surface area (Å²) in [7, 11) is 4.91. The Kier molecular flexibility index (Phi) is 8.82. The highest BCUT2D eigenvalue weighted by Gasteiger charge is 2.07. The molecule has 0 bridgehead atoms. The van der Waals surface area contributed by atoms with Crippen LogP contribution in [-0.2, 0) is 6.54 Å². The molecule has 0 saturated heterocycles. The molecule has 2 aromatic carbocycles. The molecule has 0 aliphatic heterocycles. The molecule has 0 aliphatic carbocycles. The lowest BCUT2D eigenvalue weighted by atomic mass is 10.1. The zero-order valence-corrected chi connectivity index (χ0v) is 17.5. The third-order valence-electron chi connectivity index (χ3n) is 4.36. The Hall–Kier alpha value is -3.22. The number of methoxy groups -OCH3 is 2. The highest BCUT2D eigenvalue weighted by molar-refractivity contribution is 5.94. The standard InChI is InChI=1S/C22H30N4O3/c1-5-6-13-24-21(27)17-9-7-16(8-10-17)15-25-22(23-2)26-18-11-12-19(28-3)20(14-18)29-4/h7-12,14H,5-6,13,15H2,1-4H3,(H,24,27)(H2,23,25,26). The van der Waals surface area contributed by atoms with E-state index in [0.29, 0.717) is 36.1 Å². The number of amides is 1. The molecule has 156 valence electrons. The van der Waals surface area contributed by atoms with E-state index in [0.717, 1.165) is 24.1 Å². The normalized spacial score (nSPS) is 11.0. The van der Waals surface area contributed by atoms with Crippen LogP contribution >= 0.6 is 0 Å². The molecule has 0 atom stereocenters. The number of aliphatic imine (C=N–C) groups is 1. The summed E-state index contributed by atoms with van der Waals surface area (Å²) in [5.74, 6) is 1.89. The first-order chi connectivity index (χ1) is 14.1. The molecule has 7 heteroatoms. The van der Waals surface area contributed by atoms with Gasteiger partial charge in [0.15, 0.2) is 17.5 Å². The Bertz CT molecular complexity index is 819. The lowest BCUT2D eigenvalue weighted by Crippen LogP contribution is -2.30. The van der Waals surface area contributed by atoms with Crippen molar-refractivity contribution in [3.63, 3.8) is 0 Å². The van der Waals surface area contributed by atoms with Crippen LogP contribution in [0.15, 0.2) is 47.5 Å². The number of benzene rings is 2. The maximum atomic E-state index is 12.1. The fraction of sp³-hybridized carbons (Fsp3) is 0.364. The van der Waals surface area contributed by atoms with Crippen LogP contribution in [0.4, 0.5) is 5.69 Å². The summed E-state index contributed by atoms with van der Waals surface area (Å²) < 4.78 is 10.6. The van der Waals surface area contributed by atoms with Gasteiger partial charge in [-0.15, -0.1) is 0 Å². The van der Waals surface area contributed by atoms with Gasteiger partial charge in [-0.1, -0.05) is 25.5 Å². The average molecular weight is 399 g/mol. The second-order valence-electron chi connectivity index (χ2n) is 6.43. The molecule has 0 unspecified atom stereocenters. The number of guanidine groups is 1. The predicted octanol–water partition coefficient (Wildman–Crippen LogP) is 3.42. The molecule has 3 N–H and O–H groups in total. The SMILES string of the molecule is CCCCNC(=O)c1ccc(CNC(=NC)Nc2ccc(OC)c(OC)c2)cc1. The zero-order valence-electron chi connectivity index (χ0n) is 17.5. The summed E-state index contributed by atoms with van der Waals surface area (Å²) in [5.41, 5.74) is 2.54. The summed E-state index contributed by atoms with van der Waals surface area (Å²) in [5, 5.41) is 9.40. The summed E-state index contributed by atoms with van der Waals surface area (Å²) in [6.45, 7) is 3.38. The number of carbonyl (C=O) groups is 1. The Labute approximate surface area is 172 Å². The van der Waals surface area contributed by atoms with Gasteiger partial charge in [0.25, 0.3) is 5.91 Å². The molecule has 0 heterocycles. The van der Waals surface area contributed by atoms with Gasteiger partial charge >= 0.3 is 0 Å². The van der Waals surface area contributed by atoms with Crippen LogP contribution in [0.25, 0.3) is 0 Å². The van der Waals surface area contributed by atoms with Gasteiger partial charge in [-0.25, -0.2) is 0 Å².